The van der Waals surface area contributed by atoms with Gasteiger partial charge in [-0.15, -0.1) is 0 Å². The summed E-state index contributed by atoms with van der Waals surface area (Å²) in [7, 11) is -3.54. The molecule has 1 saturated carbocycles. The molecular weight excluding hydrogens is 466 g/mol. The number of nitrogens with one attached hydrogen (secondary N) is 2. The highest BCUT2D eigenvalue weighted by atomic mass is 35.5. The smallest absolute Gasteiger partial charge is 0.231 e. The lowest BCUT2D eigenvalue weighted by Crippen LogP contribution is -2.15. The quantitative estimate of drug-likeness (QED) is 0.453. The second-order valence-electron chi connectivity index (χ2n) is 7.72. The van der Waals surface area contributed by atoms with Crippen molar-refractivity contribution >= 4 is 49.7 Å². The van der Waals surface area contributed by atoms with Crippen molar-refractivity contribution in [2.75, 3.05) is 11.6 Å². The molecule has 0 aliphatic heterocycles. The molecule has 4 aromatic rings. The van der Waals surface area contributed by atoms with Crippen LogP contribution in [0.3, 0.4) is 0 Å². The third-order valence-corrected chi connectivity index (χ3v) is 6.36. The minimum atomic E-state index is -3.54. The van der Waals surface area contributed by atoms with E-state index in [1.54, 1.807) is 4.40 Å². The number of H-pyrrole nitrogens is 1. The average molecular weight is 481 g/mol. The predicted molar refractivity (Wildman–Crippen MR) is 113 cm³/mol. The second kappa shape index (κ2) is 7.20. The second-order valence-corrected chi connectivity index (χ2v) is 10.2. The fourth-order valence-electron chi connectivity index (χ4n) is 3.57. The van der Waals surface area contributed by atoms with Crippen molar-refractivity contribution in [1.29, 1.82) is 0 Å². The Bertz CT molecular complexity index is 1520. The summed E-state index contributed by atoms with van der Waals surface area (Å²) in [4.78, 5) is 20.5. The van der Waals surface area contributed by atoms with Crippen LogP contribution in [-0.2, 0) is 20.4 Å². The van der Waals surface area contributed by atoms with Crippen LogP contribution in [0.2, 0.25) is 5.02 Å². The Morgan fingerprint density at radius 3 is 2.81 bits per heavy atom. The maximum atomic E-state index is 15.1. The highest BCUT2D eigenvalue weighted by Gasteiger charge is 2.43. The van der Waals surface area contributed by atoms with Gasteiger partial charge in [-0.3, -0.25) is 14.9 Å². The molecule has 32 heavy (non-hydrogen) atoms. The number of carbonyl (C=O) groups is 1. The number of sulfone groups is 1. The number of halogens is 3. The highest BCUT2D eigenvalue weighted by molar-refractivity contribution is 7.89. The van der Waals surface area contributed by atoms with Crippen LogP contribution in [-0.4, -0.2) is 51.3 Å². The minimum Gasteiger partial charge on any atom is -0.309 e. The zero-order valence-corrected chi connectivity index (χ0v) is 18.0. The minimum absolute atomic E-state index is 0.103. The molecule has 5 rings (SSSR count). The largest absolute Gasteiger partial charge is 0.309 e. The number of carbonyl (C=O) groups excluding carboxylic acids is 1. The van der Waals surface area contributed by atoms with Gasteiger partial charge in [-0.1, -0.05) is 11.6 Å². The number of amides is 1. The molecule has 3 heterocycles. The molecule has 0 radical (unpaired) electrons. The van der Waals surface area contributed by atoms with Crippen LogP contribution >= 0.6 is 11.6 Å². The monoisotopic (exact) mass is 480 g/mol. The first kappa shape index (κ1) is 20.8. The van der Waals surface area contributed by atoms with Gasteiger partial charge in [0.15, 0.2) is 21.3 Å². The van der Waals surface area contributed by atoms with Crippen LogP contribution in [0, 0.1) is 11.7 Å². The van der Waals surface area contributed by atoms with Crippen LogP contribution in [0.1, 0.15) is 12.0 Å². The number of nitrogens with zero attached hydrogens (tertiary/aromatic N) is 4. The van der Waals surface area contributed by atoms with Crippen molar-refractivity contribution in [3.63, 3.8) is 0 Å². The van der Waals surface area contributed by atoms with Gasteiger partial charge in [0.2, 0.25) is 5.91 Å². The van der Waals surface area contributed by atoms with Crippen LogP contribution in [0.5, 0.6) is 0 Å². The molecule has 166 valence electrons. The number of imidazole rings is 1. The van der Waals surface area contributed by atoms with Crippen LogP contribution in [0.4, 0.5) is 14.6 Å². The lowest BCUT2D eigenvalue weighted by atomic mass is 10.0. The van der Waals surface area contributed by atoms with E-state index in [0.29, 0.717) is 11.0 Å². The molecule has 2 atom stereocenters. The fraction of sp³-hybridized carbons (Fsp3) is 0.263. The van der Waals surface area contributed by atoms with Gasteiger partial charge >= 0.3 is 0 Å². The van der Waals surface area contributed by atoms with E-state index in [1.807, 2.05) is 0 Å². The van der Waals surface area contributed by atoms with E-state index >= 15 is 4.39 Å². The zero-order valence-electron chi connectivity index (χ0n) is 16.4. The highest BCUT2D eigenvalue weighted by Crippen LogP contribution is 2.39. The lowest BCUT2D eigenvalue weighted by Gasteiger charge is -2.11. The van der Waals surface area contributed by atoms with Crippen molar-refractivity contribution in [1.82, 2.24) is 24.6 Å². The molecule has 2 unspecified atom stereocenters. The number of hydrogen-bond acceptors (Lipinski definition) is 6. The summed E-state index contributed by atoms with van der Waals surface area (Å²) < 4.78 is 53.2. The van der Waals surface area contributed by atoms with Crippen LogP contribution < -0.4 is 5.32 Å². The molecule has 1 aliphatic rings. The van der Waals surface area contributed by atoms with E-state index in [4.69, 9.17) is 11.6 Å². The number of rotatable bonds is 5. The zero-order chi connectivity index (χ0) is 22.8. The SMILES string of the molecule is CS(=O)(=O)Cc1c(F)c(Cl)c(-c2cn3cc(NC(=O)C4CC4F)nc3cn2)c2cn[nH]c12. The summed E-state index contributed by atoms with van der Waals surface area (Å²) >= 11 is 6.31. The van der Waals surface area contributed by atoms with Crippen LogP contribution in [0.25, 0.3) is 27.8 Å². The van der Waals surface area contributed by atoms with Crippen LogP contribution in [0.15, 0.2) is 24.8 Å². The maximum absolute atomic E-state index is 15.1. The molecule has 0 saturated heterocycles. The topological polar surface area (TPSA) is 122 Å². The van der Waals surface area contributed by atoms with Gasteiger partial charge in [0.05, 0.1) is 46.5 Å². The van der Waals surface area contributed by atoms with Gasteiger partial charge < -0.3 is 9.72 Å². The summed E-state index contributed by atoms with van der Waals surface area (Å²) in [5, 5.41) is 9.22. The van der Waals surface area contributed by atoms with E-state index in [1.165, 1.54) is 24.8 Å². The molecule has 1 aliphatic carbocycles. The number of alkyl halides is 1. The summed E-state index contributed by atoms with van der Waals surface area (Å²) in [6.07, 6.45) is 5.95. The average Bonchev–Trinajstić information content (AvgIpc) is 3.10. The Kier molecular flexibility index (Phi) is 4.67. The van der Waals surface area contributed by atoms with Gasteiger partial charge in [0.25, 0.3) is 0 Å². The molecule has 1 fully saturated rings. The van der Waals surface area contributed by atoms with Gasteiger partial charge in [-0.05, 0) is 6.42 Å². The molecule has 0 spiro atoms. The molecule has 1 amide bonds. The number of hydrogen-bond donors (Lipinski definition) is 2. The molecule has 0 bridgehead atoms. The molecule has 1 aromatic carbocycles. The van der Waals surface area contributed by atoms with E-state index in [2.05, 4.69) is 25.5 Å². The first-order chi connectivity index (χ1) is 15.1. The standard InChI is InChI=1S/C19H15ClF2N6O3S/c1-32(30,31)7-10-17(22)16(20)15(9-3-24-27-18(9)10)12-5-28-6-13(25-14(28)4-23-12)26-19(29)8-2-11(8)21/h3-6,8,11H,2,7H2,1H3,(H,24,27)(H,26,29). The van der Waals surface area contributed by atoms with E-state index in [0.717, 1.165) is 6.26 Å². The maximum Gasteiger partial charge on any atom is 0.231 e. The summed E-state index contributed by atoms with van der Waals surface area (Å²) in [5.41, 5.74) is 1.00. The summed E-state index contributed by atoms with van der Waals surface area (Å²) in [5.74, 6) is -2.30. The Hall–Kier alpha value is -3.12. The number of benzene rings is 1. The third kappa shape index (κ3) is 3.58. The Labute approximate surface area is 184 Å². The van der Waals surface area contributed by atoms with Gasteiger partial charge in [-0.2, -0.15) is 5.10 Å². The van der Waals surface area contributed by atoms with Gasteiger partial charge in [0.1, 0.15) is 12.0 Å². The first-order valence-corrected chi connectivity index (χ1v) is 11.9. The van der Waals surface area contributed by atoms with Crippen molar-refractivity contribution < 1.29 is 22.0 Å². The van der Waals surface area contributed by atoms with E-state index in [-0.39, 0.29) is 39.6 Å². The third-order valence-electron chi connectivity index (χ3n) is 5.19. The number of aromatic amines is 1. The lowest BCUT2D eigenvalue weighted by molar-refractivity contribution is -0.117. The Morgan fingerprint density at radius 2 is 2.12 bits per heavy atom. The van der Waals surface area contributed by atoms with E-state index in [9.17, 15) is 17.6 Å². The van der Waals surface area contributed by atoms with Crippen molar-refractivity contribution in [2.24, 2.45) is 5.92 Å². The Morgan fingerprint density at radius 1 is 1.38 bits per heavy atom. The van der Waals surface area contributed by atoms with Crippen molar-refractivity contribution in [3.8, 4) is 11.3 Å². The van der Waals surface area contributed by atoms with E-state index < -0.39 is 39.4 Å². The molecule has 13 heteroatoms. The molecule has 3 aromatic heterocycles. The normalized spacial score (nSPS) is 18.4. The first-order valence-electron chi connectivity index (χ1n) is 9.43. The Balaban J connectivity index is 1.58. The fourth-order valence-corrected chi connectivity index (χ4v) is 4.67. The van der Waals surface area contributed by atoms with Crippen molar-refractivity contribution in [2.45, 2.75) is 18.3 Å². The number of fused-ring (bicyclic) bond motifs is 2. The number of aromatic nitrogens is 5. The van der Waals surface area contributed by atoms with Crippen molar-refractivity contribution in [3.05, 3.63) is 41.2 Å². The number of anilines is 1. The molecular formula is C19H15ClF2N6O3S. The summed E-state index contributed by atoms with van der Waals surface area (Å²) in [6, 6.07) is 0. The molecule has 2 N–H and O–H groups in total. The van der Waals surface area contributed by atoms with Gasteiger partial charge in [-0.25, -0.2) is 22.2 Å². The van der Waals surface area contributed by atoms with Gasteiger partial charge in [0, 0.05) is 29.0 Å². The summed E-state index contributed by atoms with van der Waals surface area (Å²) in [6.45, 7) is 0. The molecule has 9 nitrogen and oxygen atoms in total. The predicted octanol–water partition coefficient (Wildman–Crippen LogP) is 2.91.